The number of rotatable bonds is 3. The second kappa shape index (κ2) is 6.11. The zero-order valence-corrected chi connectivity index (χ0v) is 12.0. The number of halogens is 6. The topological polar surface area (TPSA) is 26.0 Å². The molecule has 0 heterocycles. The molecule has 2 N–H and O–H groups in total. The van der Waals surface area contributed by atoms with Gasteiger partial charge in [-0.05, 0) is 24.1 Å². The largest absolute Gasteiger partial charge is 0.323 e. The van der Waals surface area contributed by atoms with Crippen LogP contribution < -0.4 is 5.73 Å². The zero-order valence-electron chi connectivity index (χ0n) is 10.4. The Morgan fingerprint density at radius 3 is 1.71 bits per heavy atom. The van der Waals surface area contributed by atoms with Crippen molar-refractivity contribution >= 4 is 15.9 Å². The minimum atomic E-state index is -2.19. The first-order valence-corrected chi connectivity index (χ1v) is 6.63. The molecule has 112 valence electrons. The van der Waals surface area contributed by atoms with Crippen LogP contribution in [0, 0.1) is 29.1 Å². The number of hydrogen-bond donors (Lipinski definition) is 1. The summed E-state index contributed by atoms with van der Waals surface area (Å²) < 4.78 is 67.2. The van der Waals surface area contributed by atoms with E-state index < -0.39 is 40.7 Å². The van der Waals surface area contributed by atoms with E-state index in [1.165, 1.54) is 0 Å². The normalized spacial score (nSPS) is 12.5. The molecule has 1 unspecified atom stereocenters. The van der Waals surface area contributed by atoms with Gasteiger partial charge < -0.3 is 5.73 Å². The predicted molar refractivity (Wildman–Crippen MR) is 71.0 cm³/mol. The van der Waals surface area contributed by atoms with Gasteiger partial charge >= 0.3 is 0 Å². The van der Waals surface area contributed by atoms with Gasteiger partial charge in [0, 0.05) is 16.1 Å². The molecule has 7 heteroatoms. The minimum Gasteiger partial charge on any atom is -0.323 e. The van der Waals surface area contributed by atoms with E-state index in [-0.39, 0.29) is 6.42 Å². The molecular formula is C14H9BrF5N. The Hall–Kier alpha value is -1.47. The lowest BCUT2D eigenvalue weighted by atomic mass is 9.98. The summed E-state index contributed by atoms with van der Waals surface area (Å²) in [5.41, 5.74) is 5.21. The highest BCUT2D eigenvalue weighted by Crippen LogP contribution is 2.28. The van der Waals surface area contributed by atoms with Crippen LogP contribution in [0.1, 0.15) is 17.2 Å². The lowest BCUT2D eigenvalue weighted by Crippen LogP contribution is -2.20. The molecule has 0 aliphatic carbocycles. The third-order valence-corrected chi connectivity index (χ3v) is 3.51. The van der Waals surface area contributed by atoms with E-state index in [1.807, 2.05) is 0 Å². The summed E-state index contributed by atoms with van der Waals surface area (Å²) in [5.74, 6) is -9.96. The first kappa shape index (κ1) is 15.9. The molecule has 1 atom stereocenters. The smallest absolute Gasteiger partial charge is 0.200 e. The van der Waals surface area contributed by atoms with Crippen LogP contribution in [0.2, 0.25) is 0 Å². The summed E-state index contributed by atoms with van der Waals surface area (Å²) in [7, 11) is 0. The molecule has 2 aromatic carbocycles. The van der Waals surface area contributed by atoms with E-state index in [2.05, 4.69) is 15.9 Å². The average Bonchev–Trinajstić information content (AvgIpc) is 2.46. The van der Waals surface area contributed by atoms with Crippen LogP contribution in [0.15, 0.2) is 28.7 Å². The zero-order chi connectivity index (χ0) is 15.7. The highest BCUT2D eigenvalue weighted by Gasteiger charge is 2.28. The molecular weight excluding hydrogens is 357 g/mol. The Bertz CT molecular complexity index is 643. The van der Waals surface area contributed by atoms with Gasteiger partial charge in [-0.1, -0.05) is 28.1 Å². The molecule has 0 radical (unpaired) electrons. The standard InChI is InChI=1S/C14H9BrF5N/c15-7-3-1-6(2-4-7)5-8(21)9-10(16)12(18)14(20)13(19)11(9)17/h1-4,8H,5,21H2. The van der Waals surface area contributed by atoms with E-state index >= 15 is 0 Å². The molecule has 2 aromatic rings. The fourth-order valence-corrected chi connectivity index (χ4v) is 2.19. The molecule has 0 bridgehead atoms. The Morgan fingerprint density at radius 2 is 1.24 bits per heavy atom. The van der Waals surface area contributed by atoms with Crippen LogP contribution in [0.3, 0.4) is 0 Å². The highest BCUT2D eigenvalue weighted by molar-refractivity contribution is 9.10. The van der Waals surface area contributed by atoms with Gasteiger partial charge in [0.2, 0.25) is 5.82 Å². The van der Waals surface area contributed by atoms with Crippen LogP contribution in [0.4, 0.5) is 22.0 Å². The molecule has 0 fully saturated rings. The van der Waals surface area contributed by atoms with Crippen LogP contribution in [0.5, 0.6) is 0 Å². The van der Waals surface area contributed by atoms with E-state index in [9.17, 15) is 22.0 Å². The fourth-order valence-electron chi connectivity index (χ4n) is 1.92. The van der Waals surface area contributed by atoms with Crippen molar-refractivity contribution in [3.63, 3.8) is 0 Å². The molecule has 0 aliphatic rings. The quantitative estimate of drug-likeness (QED) is 0.487. The van der Waals surface area contributed by atoms with Crippen LogP contribution in [-0.2, 0) is 6.42 Å². The van der Waals surface area contributed by atoms with E-state index in [4.69, 9.17) is 5.73 Å². The Kier molecular flexibility index (Phi) is 4.63. The summed E-state index contributed by atoms with van der Waals surface area (Å²) in [6.45, 7) is 0. The van der Waals surface area contributed by atoms with Gasteiger partial charge in [-0.15, -0.1) is 0 Å². The maximum Gasteiger partial charge on any atom is 0.200 e. The molecule has 1 nitrogen and oxygen atoms in total. The van der Waals surface area contributed by atoms with Crippen molar-refractivity contribution in [1.29, 1.82) is 0 Å². The lowest BCUT2D eigenvalue weighted by molar-refractivity contribution is 0.363. The van der Waals surface area contributed by atoms with Gasteiger partial charge in [-0.25, -0.2) is 22.0 Å². The van der Waals surface area contributed by atoms with Crippen molar-refractivity contribution in [2.75, 3.05) is 0 Å². The third-order valence-electron chi connectivity index (χ3n) is 2.98. The molecule has 21 heavy (non-hydrogen) atoms. The molecule has 0 saturated heterocycles. The van der Waals surface area contributed by atoms with Gasteiger partial charge in [0.1, 0.15) is 0 Å². The second-order valence-corrected chi connectivity index (χ2v) is 5.34. The van der Waals surface area contributed by atoms with Crippen LogP contribution >= 0.6 is 15.9 Å². The number of nitrogens with two attached hydrogens (primary N) is 1. The predicted octanol–water partition coefficient (Wildman–Crippen LogP) is 4.39. The lowest BCUT2D eigenvalue weighted by Gasteiger charge is -2.15. The van der Waals surface area contributed by atoms with Gasteiger partial charge in [-0.2, -0.15) is 0 Å². The minimum absolute atomic E-state index is 0.0639. The van der Waals surface area contributed by atoms with E-state index in [1.54, 1.807) is 24.3 Å². The summed E-state index contributed by atoms with van der Waals surface area (Å²) in [6.07, 6.45) is -0.0639. The van der Waals surface area contributed by atoms with Crippen LogP contribution in [0.25, 0.3) is 0 Å². The molecule has 2 rings (SSSR count). The van der Waals surface area contributed by atoms with Crippen molar-refractivity contribution < 1.29 is 22.0 Å². The van der Waals surface area contributed by atoms with Gasteiger partial charge in [0.25, 0.3) is 0 Å². The monoisotopic (exact) mass is 365 g/mol. The summed E-state index contributed by atoms with van der Waals surface area (Å²) >= 11 is 3.21. The fraction of sp³-hybridized carbons (Fsp3) is 0.143. The van der Waals surface area contributed by atoms with Crippen molar-refractivity contribution in [2.24, 2.45) is 5.73 Å². The Morgan fingerprint density at radius 1 is 0.810 bits per heavy atom. The van der Waals surface area contributed by atoms with Crippen molar-refractivity contribution in [3.05, 3.63) is 69.0 Å². The number of benzene rings is 2. The molecule has 0 saturated carbocycles. The van der Waals surface area contributed by atoms with Crippen LogP contribution in [-0.4, -0.2) is 0 Å². The SMILES string of the molecule is NC(Cc1ccc(Br)cc1)c1c(F)c(F)c(F)c(F)c1F. The first-order valence-electron chi connectivity index (χ1n) is 5.84. The average molecular weight is 366 g/mol. The maximum absolute atomic E-state index is 13.6. The van der Waals surface area contributed by atoms with Gasteiger partial charge in [0.15, 0.2) is 23.3 Å². The van der Waals surface area contributed by atoms with Crippen molar-refractivity contribution in [2.45, 2.75) is 12.5 Å². The van der Waals surface area contributed by atoms with E-state index in [0.29, 0.717) is 5.56 Å². The molecule has 0 aromatic heterocycles. The van der Waals surface area contributed by atoms with Crippen molar-refractivity contribution in [1.82, 2.24) is 0 Å². The van der Waals surface area contributed by atoms with Gasteiger partial charge in [-0.3, -0.25) is 0 Å². The van der Waals surface area contributed by atoms with Crippen molar-refractivity contribution in [3.8, 4) is 0 Å². The second-order valence-electron chi connectivity index (χ2n) is 4.42. The van der Waals surface area contributed by atoms with Gasteiger partial charge in [0.05, 0.1) is 0 Å². The van der Waals surface area contributed by atoms with E-state index in [0.717, 1.165) is 4.47 Å². The molecule has 0 spiro atoms. The maximum atomic E-state index is 13.6. The Labute approximate surface area is 125 Å². The highest BCUT2D eigenvalue weighted by atomic mass is 79.9. The molecule has 0 amide bonds. The summed E-state index contributed by atoms with van der Waals surface area (Å²) in [6, 6.07) is 5.28. The summed E-state index contributed by atoms with van der Waals surface area (Å²) in [5, 5.41) is 0. The Balaban J connectivity index is 2.39. The molecule has 0 aliphatic heterocycles. The number of hydrogen-bond acceptors (Lipinski definition) is 1. The first-order chi connectivity index (χ1) is 9.82. The third kappa shape index (κ3) is 3.08. The summed E-state index contributed by atoms with van der Waals surface area (Å²) in [4.78, 5) is 0.